The maximum absolute atomic E-state index is 6.17. The van der Waals surface area contributed by atoms with Gasteiger partial charge in [-0.2, -0.15) is 0 Å². The molecule has 0 spiro atoms. The molecule has 26 heavy (non-hydrogen) atoms. The van der Waals surface area contributed by atoms with Crippen LogP contribution in [0.2, 0.25) is 5.02 Å². The van der Waals surface area contributed by atoms with Gasteiger partial charge in [-0.15, -0.1) is 23.7 Å². The van der Waals surface area contributed by atoms with Crippen molar-refractivity contribution in [3.63, 3.8) is 0 Å². The first-order valence-electron chi connectivity index (χ1n) is 8.02. The van der Waals surface area contributed by atoms with Gasteiger partial charge in [-0.25, -0.2) is 0 Å². The Hall–Kier alpha value is -1.72. The van der Waals surface area contributed by atoms with Crippen LogP contribution < -0.4 is 14.8 Å². The van der Waals surface area contributed by atoms with Crippen molar-refractivity contribution in [1.82, 2.24) is 5.32 Å². The van der Waals surface area contributed by atoms with E-state index in [1.54, 1.807) is 18.4 Å². The van der Waals surface area contributed by atoms with E-state index in [9.17, 15) is 0 Å². The van der Waals surface area contributed by atoms with Gasteiger partial charge in [0.15, 0.2) is 11.5 Å². The monoisotopic (exact) mass is 409 g/mol. The van der Waals surface area contributed by atoms with Crippen molar-refractivity contribution in [3.8, 4) is 11.5 Å². The summed E-state index contributed by atoms with van der Waals surface area (Å²) >= 11 is 7.93. The summed E-state index contributed by atoms with van der Waals surface area (Å²) in [7, 11) is 1.65. The Balaban J connectivity index is 0.00000243. The first-order valence-corrected chi connectivity index (χ1v) is 9.28. The molecular weight excluding hydrogens is 389 g/mol. The molecule has 1 aromatic heterocycles. The molecule has 2 aromatic carbocycles. The van der Waals surface area contributed by atoms with Gasteiger partial charge in [-0.1, -0.05) is 41.9 Å². The molecule has 0 aliphatic heterocycles. The van der Waals surface area contributed by atoms with Crippen LogP contribution in [0.4, 0.5) is 0 Å². The highest BCUT2D eigenvalue weighted by atomic mass is 35.5. The maximum Gasteiger partial charge on any atom is 0.161 e. The lowest BCUT2D eigenvalue weighted by atomic mass is 10.2. The molecule has 3 aromatic rings. The van der Waals surface area contributed by atoms with E-state index in [1.807, 2.05) is 42.5 Å². The Morgan fingerprint density at radius 3 is 2.58 bits per heavy atom. The molecule has 1 N–H and O–H groups in total. The van der Waals surface area contributed by atoms with Gasteiger partial charge in [-0.05, 0) is 35.2 Å². The summed E-state index contributed by atoms with van der Waals surface area (Å²) in [5.74, 6) is 1.44. The van der Waals surface area contributed by atoms with Gasteiger partial charge in [0, 0.05) is 28.6 Å². The fraction of sp³-hybridized carbons (Fsp3) is 0.200. The standard InChI is InChI=1S/C20H20ClNO2S.ClH/c1-23-20-11-15(12-22-13-17-6-4-10-25-17)8-9-19(20)24-14-16-5-2-3-7-18(16)21;/h2-11,22H,12-14H2,1H3;1H. The fourth-order valence-corrected chi connectivity index (χ4v) is 3.32. The van der Waals surface area contributed by atoms with Crippen molar-refractivity contribution < 1.29 is 9.47 Å². The summed E-state index contributed by atoms with van der Waals surface area (Å²) < 4.78 is 11.4. The average molecular weight is 410 g/mol. The van der Waals surface area contributed by atoms with E-state index >= 15 is 0 Å². The predicted octanol–water partition coefficient (Wildman–Crippen LogP) is 5.70. The largest absolute Gasteiger partial charge is 0.493 e. The zero-order chi connectivity index (χ0) is 17.5. The summed E-state index contributed by atoms with van der Waals surface area (Å²) in [5, 5.41) is 6.23. The van der Waals surface area contributed by atoms with Gasteiger partial charge >= 0.3 is 0 Å². The average Bonchev–Trinajstić information content (AvgIpc) is 3.15. The van der Waals surface area contributed by atoms with Crippen molar-refractivity contribution in [2.45, 2.75) is 19.7 Å². The van der Waals surface area contributed by atoms with Crippen LogP contribution in [0.1, 0.15) is 16.0 Å². The first-order chi connectivity index (χ1) is 12.3. The van der Waals surface area contributed by atoms with Gasteiger partial charge < -0.3 is 14.8 Å². The Morgan fingerprint density at radius 2 is 1.85 bits per heavy atom. The van der Waals surface area contributed by atoms with Crippen molar-refractivity contribution in [1.29, 1.82) is 0 Å². The van der Waals surface area contributed by atoms with E-state index in [1.165, 1.54) is 4.88 Å². The molecule has 3 nitrogen and oxygen atoms in total. The molecule has 3 rings (SSSR count). The number of hydrogen-bond acceptors (Lipinski definition) is 4. The molecule has 1 heterocycles. The SMILES string of the molecule is COc1cc(CNCc2cccs2)ccc1OCc1ccccc1Cl.Cl. The quantitative estimate of drug-likeness (QED) is 0.517. The lowest BCUT2D eigenvalue weighted by Crippen LogP contribution is -2.11. The number of benzene rings is 2. The Morgan fingerprint density at radius 1 is 1.00 bits per heavy atom. The minimum atomic E-state index is 0. The maximum atomic E-state index is 6.17. The van der Waals surface area contributed by atoms with E-state index in [-0.39, 0.29) is 12.4 Å². The van der Waals surface area contributed by atoms with E-state index in [4.69, 9.17) is 21.1 Å². The molecule has 0 aliphatic carbocycles. The van der Waals surface area contributed by atoms with Gasteiger partial charge in [-0.3, -0.25) is 0 Å². The number of rotatable bonds is 8. The molecule has 0 fully saturated rings. The molecule has 138 valence electrons. The Kier molecular flexibility index (Phi) is 8.26. The molecule has 0 aliphatic rings. The Labute approximate surface area is 169 Å². The molecule has 0 amide bonds. The summed E-state index contributed by atoms with van der Waals surface area (Å²) in [6.45, 7) is 2.05. The van der Waals surface area contributed by atoms with Crippen LogP contribution in [-0.4, -0.2) is 7.11 Å². The highest BCUT2D eigenvalue weighted by Crippen LogP contribution is 2.29. The van der Waals surface area contributed by atoms with Crippen molar-refractivity contribution in [3.05, 3.63) is 81.0 Å². The van der Waals surface area contributed by atoms with E-state index in [0.29, 0.717) is 17.4 Å². The van der Waals surface area contributed by atoms with Crippen molar-refractivity contribution in [2.75, 3.05) is 7.11 Å². The van der Waals surface area contributed by atoms with Crippen LogP contribution in [0, 0.1) is 0 Å². The molecule has 0 atom stereocenters. The van der Waals surface area contributed by atoms with Crippen LogP contribution in [0.3, 0.4) is 0 Å². The van der Waals surface area contributed by atoms with Crippen molar-refractivity contribution >= 4 is 35.3 Å². The Bertz CT molecular complexity index is 809. The molecule has 0 unspecified atom stereocenters. The normalized spacial score (nSPS) is 10.2. The third kappa shape index (κ3) is 5.64. The van der Waals surface area contributed by atoms with Gasteiger partial charge in [0.25, 0.3) is 0 Å². The van der Waals surface area contributed by atoms with Crippen LogP contribution in [0.15, 0.2) is 60.0 Å². The number of methoxy groups -OCH3 is 1. The second-order valence-electron chi connectivity index (χ2n) is 5.55. The number of halogens is 2. The summed E-state index contributed by atoms with van der Waals surface area (Å²) in [6, 6.07) is 17.9. The smallest absolute Gasteiger partial charge is 0.161 e. The number of ether oxygens (including phenoxy) is 2. The van der Waals surface area contributed by atoms with E-state index in [0.717, 1.165) is 30.0 Å². The molecule has 0 saturated heterocycles. The van der Waals surface area contributed by atoms with Gasteiger partial charge in [0.1, 0.15) is 6.61 Å². The highest BCUT2D eigenvalue weighted by Gasteiger charge is 2.07. The molecular formula is C20H21Cl2NO2S. The lowest BCUT2D eigenvalue weighted by molar-refractivity contribution is 0.284. The second-order valence-corrected chi connectivity index (χ2v) is 6.99. The van der Waals surface area contributed by atoms with Crippen molar-refractivity contribution in [2.24, 2.45) is 0 Å². The third-order valence-electron chi connectivity index (χ3n) is 3.78. The zero-order valence-corrected chi connectivity index (χ0v) is 16.8. The second kappa shape index (κ2) is 10.4. The van der Waals surface area contributed by atoms with E-state index in [2.05, 4.69) is 22.8 Å². The third-order valence-corrected chi connectivity index (χ3v) is 5.02. The van der Waals surface area contributed by atoms with Gasteiger partial charge in [0.2, 0.25) is 0 Å². The number of hydrogen-bond donors (Lipinski definition) is 1. The summed E-state index contributed by atoms with van der Waals surface area (Å²) in [5.41, 5.74) is 2.10. The fourth-order valence-electron chi connectivity index (χ4n) is 2.46. The summed E-state index contributed by atoms with van der Waals surface area (Å²) in [4.78, 5) is 1.33. The highest BCUT2D eigenvalue weighted by molar-refractivity contribution is 7.09. The lowest BCUT2D eigenvalue weighted by Gasteiger charge is -2.13. The molecule has 0 saturated carbocycles. The minimum absolute atomic E-state index is 0. The number of nitrogens with one attached hydrogen (secondary N) is 1. The van der Waals surface area contributed by atoms with Crippen LogP contribution in [-0.2, 0) is 19.7 Å². The first kappa shape index (κ1) is 20.6. The minimum Gasteiger partial charge on any atom is -0.493 e. The summed E-state index contributed by atoms with van der Waals surface area (Å²) in [6.07, 6.45) is 0. The van der Waals surface area contributed by atoms with E-state index < -0.39 is 0 Å². The van der Waals surface area contributed by atoms with Crippen LogP contribution in [0.5, 0.6) is 11.5 Å². The zero-order valence-electron chi connectivity index (χ0n) is 14.4. The van der Waals surface area contributed by atoms with Gasteiger partial charge in [0.05, 0.1) is 7.11 Å². The van der Waals surface area contributed by atoms with Crippen LogP contribution in [0.25, 0.3) is 0 Å². The van der Waals surface area contributed by atoms with Crippen LogP contribution >= 0.6 is 35.3 Å². The molecule has 0 radical (unpaired) electrons. The topological polar surface area (TPSA) is 30.5 Å². The molecule has 0 bridgehead atoms. The molecule has 6 heteroatoms. The number of thiophene rings is 1. The predicted molar refractivity (Wildman–Crippen MR) is 111 cm³/mol.